The number of benzene rings is 2. The molecule has 0 bridgehead atoms. The summed E-state index contributed by atoms with van der Waals surface area (Å²) in [7, 11) is 0. The molecule has 22 heavy (non-hydrogen) atoms. The van der Waals surface area contributed by atoms with Gasteiger partial charge in [-0.2, -0.15) is 4.98 Å². The lowest BCUT2D eigenvalue weighted by molar-refractivity contribution is 0.424. The molecule has 0 amide bonds. The van der Waals surface area contributed by atoms with Gasteiger partial charge in [-0.05, 0) is 54.8 Å². The summed E-state index contributed by atoms with van der Waals surface area (Å²) in [6.07, 6.45) is 0.504. The van der Waals surface area contributed by atoms with Crippen molar-refractivity contribution in [3.8, 4) is 11.5 Å². The lowest BCUT2D eigenvalue weighted by Gasteiger charge is -2.01. The molecule has 0 unspecified atom stereocenters. The van der Waals surface area contributed by atoms with Gasteiger partial charge in [-0.25, -0.2) is 0 Å². The summed E-state index contributed by atoms with van der Waals surface area (Å²) in [5, 5.41) is 5.24. The molecule has 5 heteroatoms. The molecule has 3 aromatic rings. The zero-order chi connectivity index (χ0) is 15.7. The second-order valence-corrected chi connectivity index (χ2v) is 6.07. The maximum atomic E-state index is 6.17. The first-order valence-corrected chi connectivity index (χ1v) is 7.62. The fourth-order valence-corrected chi connectivity index (χ4v) is 2.63. The van der Waals surface area contributed by atoms with E-state index in [4.69, 9.17) is 27.7 Å². The van der Waals surface area contributed by atoms with Gasteiger partial charge in [0.05, 0.1) is 0 Å². The van der Waals surface area contributed by atoms with Gasteiger partial charge < -0.3 is 4.52 Å². The van der Waals surface area contributed by atoms with E-state index in [1.165, 1.54) is 11.1 Å². The summed E-state index contributed by atoms with van der Waals surface area (Å²) in [6.45, 7) is 4.13. The first kappa shape index (κ1) is 15.1. The molecule has 0 spiro atoms. The maximum absolute atomic E-state index is 6.17. The van der Waals surface area contributed by atoms with Crippen LogP contribution in [-0.4, -0.2) is 10.1 Å². The van der Waals surface area contributed by atoms with Gasteiger partial charge in [-0.15, -0.1) is 0 Å². The second kappa shape index (κ2) is 6.11. The summed E-state index contributed by atoms with van der Waals surface area (Å²) < 4.78 is 5.35. The van der Waals surface area contributed by atoms with E-state index in [0.717, 1.165) is 11.1 Å². The minimum Gasteiger partial charge on any atom is -0.334 e. The van der Waals surface area contributed by atoms with Crippen LogP contribution in [-0.2, 0) is 6.42 Å². The molecule has 0 saturated carbocycles. The Morgan fingerprint density at radius 1 is 1.00 bits per heavy atom. The molecule has 0 saturated heterocycles. The van der Waals surface area contributed by atoms with E-state index >= 15 is 0 Å². The molecule has 3 nitrogen and oxygen atoms in total. The summed E-state index contributed by atoms with van der Waals surface area (Å²) >= 11 is 12.1. The van der Waals surface area contributed by atoms with Crippen molar-refractivity contribution in [1.82, 2.24) is 10.1 Å². The van der Waals surface area contributed by atoms with Crippen molar-refractivity contribution < 1.29 is 4.52 Å². The van der Waals surface area contributed by atoms with Crippen molar-refractivity contribution in [2.75, 3.05) is 0 Å². The SMILES string of the molecule is Cc1ccc(-c2nc(Cc3ccc(Cl)cc3Cl)no2)cc1C. The number of halogens is 2. The molecule has 0 aliphatic rings. The van der Waals surface area contributed by atoms with Gasteiger partial charge in [-0.1, -0.05) is 40.5 Å². The largest absolute Gasteiger partial charge is 0.334 e. The molecule has 112 valence electrons. The van der Waals surface area contributed by atoms with Gasteiger partial charge in [0.15, 0.2) is 5.82 Å². The van der Waals surface area contributed by atoms with Crippen molar-refractivity contribution >= 4 is 23.2 Å². The van der Waals surface area contributed by atoms with Gasteiger partial charge in [0.25, 0.3) is 5.89 Å². The lowest BCUT2D eigenvalue weighted by atomic mass is 10.1. The minimum atomic E-state index is 0.504. The smallest absolute Gasteiger partial charge is 0.257 e. The van der Waals surface area contributed by atoms with E-state index in [-0.39, 0.29) is 0 Å². The Kier molecular flexibility index (Phi) is 4.19. The van der Waals surface area contributed by atoms with Crippen LogP contribution in [0.15, 0.2) is 40.9 Å². The van der Waals surface area contributed by atoms with Gasteiger partial charge >= 0.3 is 0 Å². The highest BCUT2D eigenvalue weighted by Gasteiger charge is 2.11. The second-order valence-electron chi connectivity index (χ2n) is 5.23. The molecule has 2 aromatic carbocycles. The third kappa shape index (κ3) is 3.16. The maximum Gasteiger partial charge on any atom is 0.257 e. The Morgan fingerprint density at radius 3 is 2.55 bits per heavy atom. The lowest BCUT2D eigenvalue weighted by Crippen LogP contribution is -1.92. The quantitative estimate of drug-likeness (QED) is 0.657. The number of hydrogen-bond donors (Lipinski definition) is 0. The molecular weight excluding hydrogens is 319 g/mol. The summed E-state index contributed by atoms with van der Waals surface area (Å²) in [5.41, 5.74) is 4.26. The number of hydrogen-bond acceptors (Lipinski definition) is 3. The highest BCUT2D eigenvalue weighted by molar-refractivity contribution is 6.35. The van der Waals surface area contributed by atoms with Crippen molar-refractivity contribution in [1.29, 1.82) is 0 Å². The molecule has 0 N–H and O–H groups in total. The predicted octanol–water partition coefficient (Wildman–Crippen LogP) is 5.25. The first-order valence-electron chi connectivity index (χ1n) is 6.87. The van der Waals surface area contributed by atoms with Crippen molar-refractivity contribution in [3.63, 3.8) is 0 Å². The zero-order valence-electron chi connectivity index (χ0n) is 12.2. The molecule has 0 radical (unpaired) electrons. The standard InChI is InChI=1S/C17H14Cl2N2O/c1-10-3-4-13(7-11(10)2)17-20-16(21-22-17)8-12-5-6-14(18)9-15(12)19/h3-7,9H,8H2,1-2H3. The van der Waals surface area contributed by atoms with Crippen LogP contribution in [0.3, 0.4) is 0 Å². The van der Waals surface area contributed by atoms with Crippen LogP contribution in [0.5, 0.6) is 0 Å². The van der Waals surface area contributed by atoms with Gasteiger partial charge in [-0.3, -0.25) is 0 Å². The predicted molar refractivity (Wildman–Crippen MR) is 88.5 cm³/mol. The van der Waals surface area contributed by atoms with Crippen LogP contribution < -0.4 is 0 Å². The van der Waals surface area contributed by atoms with E-state index in [1.807, 2.05) is 24.3 Å². The Labute approximate surface area is 138 Å². The van der Waals surface area contributed by atoms with Crippen LogP contribution >= 0.6 is 23.2 Å². The Bertz CT molecular complexity index is 827. The Hall–Kier alpha value is -1.84. The highest BCUT2D eigenvalue weighted by Crippen LogP contribution is 2.24. The Morgan fingerprint density at radius 2 is 1.82 bits per heavy atom. The Balaban J connectivity index is 1.85. The fourth-order valence-electron chi connectivity index (χ4n) is 2.15. The third-order valence-corrected chi connectivity index (χ3v) is 4.17. The number of nitrogens with zero attached hydrogens (tertiary/aromatic N) is 2. The van der Waals surface area contributed by atoms with Crippen molar-refractivity contribution in [3.05, 3.63) is 69.0 Å². The van der Waals surface area contributed by atoms with E-state index in [2.05, 4.69) is 24.0 Å². The molecule has 1 aromatic heterocycles. The van der Waals surface area contributed by atoms with Crippen LogP contribution in [0.4, 0.5) is 0 Å². The molecule has 1 heterocycles. The van der Waals surface area contributed by atoms with Gasteiger partial charge in [0.2, 0.25) is 0 Å². The average Bonchev–Trinajstić information content (AvgIpc) is 2.93. The summed E-state index contributed by atoms with van der Waals surface area (Å²) in [4.78, 5) is 4.44. The molecular formula is C17H14Cl2N2O. The molecule has 3 rings (SSSR count). The number of rotatable bonds is 3. The normalized spacial score (nSPS) is 10.9. The van der Waals surface area contributed by atoms with Crippen molar-refractivity contribution in [2.24, 2.45) is 0 Å². The highest BCUT2D eigenvalue weighted by atomic mass is 35.5. The minimum absolute atomic E-state index is 0.504. The molecule has 0 atom stereocenters. The van der Waals surface area contributed by atoms with Crippen molar-refractivity contribution in [2.45, 2.75) is 20.3 Å². The summed E-state index contributed by atoms with van der Waals surface area (Å²) in [6, 6.07) is 11.5. The molecule has 0 fully saturated rings. The average molecular weight is 333 g/mol. The number of aryl methyl sites for hydroxylation is 2. The first-order chi connectivity index (χ1) is 10.5. The number of aromatic nitrogens is 2. The van der Waals surface area contributed by atoms with Crippen LogP contribution in [0, 0.1) is 13.8 Å². The topological polar surface area (TPSA) is 38.9 Å². The van der Waals surface area contributed by atoms with E-state index < -0.39 is 0 Å². The van der Waals surface area contributed by atoms with Crippen LogP contribution in [0.25, 0.3) is 11.5 Å². The van der Waals surface area contributed by atoms with E-state index in [9.17, 15) is 0 Å². The fraction of sp³-hybridized carbons (Fsp3) is 0.176. The van der Waals surface area contributed by atoms with Crippen LogP contribution in [0.1, 0.15) is 22.5 Å². The zero-order valence-corrected chi connectivity index (χ0v) is 13.7. The third-order valence-electron chi connectivity index (χ3n) is 3.59. The van der Waals surface area contributed by atoms with E-state index in [0.29, 0.717) is 28.2 Å². The van der Waals surface area contributed by atoms with Gasteiger partial charge in [0, 0.05) is 22.0 Å². The van der Waals surface area contributed by atoms with Crippen LogP contribution in [0.2, 0.25) is 10.0 Å². The van der Waals surface area contributed by atoms with Gasteiger partial charge in [0.1, 0.15) is 0 Å². The molecule has 0 aliphatic heterocycles. The monoisotopic (exact) mass is 332 g/mol. The molecule has 0 aliphatic carbocycles. The van der Waals surface area contributed by atoms with E-state index in [1.54, 1.807) is 12.1 Å². The summed E-state index contributed by atoms with van der Waals surface area (Å²) in [5.74, 6) is 1.11.